The third-order valence-corrected chi connectivity index (χ3v) is 5.12. The summed E-state index contributed by atoms with van der Waals surface area (Å²) in [6, 6.07) is 8.09. The van der Waals surface area contributed by atoms with Gasteiger partial charge in [0.05, 0.1) is 17.2 Å². The van der Waals surface area contributed by atoms with Crippen molar-refractivity contribution in [2.45, 2.75) is 38.9 Å². The van der Waals surface area contributed by atoms with Gasteiger partial charge < -0.3 is 20.3 Å². The molecule has 0 atom stereocenters. The molecule has 1 aliphatic rings. The van der Waals surface area contributed by atoms with Gasteiger partial charge in [0.1, 0.15) is 5.75 Å². The van der Waals surface area contributed by atoms with Gasteiger partial charge in [0.15, 0.2) is 12.6 Å². The van der Waals surface area contributed by atoms with Crippen LogP contribution in [0.5, 0.6) is 5.75 Å². The Bertz CT molecular complexity index is 832. The number of guanidine groups is 1. The highest BCUT2D eigenvalue weighted by atomic mass is 32.1. The van der Waals surface area contributed by atoms with Crippen molar-refractivity contribution < 1.29 is 9.53 Å². The first-order valence-electron chi connectivity index (χ1n) is 9.37. The van der Waals surface area contributed by atoms with Gasteiger partial charge in [-0.3, -0.25) is 9.79 Å². The highest BCUT2D eigenvalue weighted by Gasteiger charge is 2.23. The molecule has 150 valence electrons. The maximum Gasteiger partial charge on any atom is 0.258 e. The molecular formula is C20H27N5O2S. The van der Waals surface area contributed by atoms with E-state index >= 15 is 0 Å². The van der Waals surface area contributed by atoms with Gasteiger partial charge in [-0.2, -0.15) is 0 Å². The van der Waals surface area contributed by atoms with Crippen LogP contribution in [0.15, 0.2) is 34.6 Å². The minimum absolute atomic E-state index is 0.0465. The van der Waals surface area contributed by atoms with E-state index in [1.807, 2.05) is 43.1 Å². The molecule has 1 amide bonds. The molecule has 1 heterocycles. The van der Waals surface area contributed by atoms with Crippen LogP contribution >= 0.6 is 11.3 Å². The van der Waals surface area contributed by atoms with Crippen LogP contribution in [0.3, 0.4) is 0 Å². The maximum atomic E-state index is 11.8. The molecule has 0 spiro atoms. The monoisotopic (exact) mass is 401 g/mol. The fraction of sp³-hybridized carbons (Fsp3) is 0.450. The van der Waals surface area contributed by atoms with Crippen LogP contribution in [-0.4, -0.2) is 48.5 Å². The number of nitrogens with one attached hydrogen (secondary N) is 2. The number of rotatable bonds is 8. The van der Waals surface area contributed by atoms with Gasteiger partial charge in [-0.1, -0.05) is 12.1 Å². The lowest BCUT2D eigenvalue weighted by molar-refractivity contribution is -0.123. The van der Waals surface area contributed by atoms with Crippen molar-refractivity contribution in [3.05, 3.63) is 45.9 Å². The summed E-state index contributed by atoms with van der Waals surface area (Å²) in [6.07, 6.45) is 2.15. The highest BCUT2D eigenvalue weighted by molar-refractivity contribution is 7.09. The summed E-state index contributed by atoms with van der Waals surface area (Å²) < 4.78 is 5.61. The lowest BCUT2D eigenvalue weighted by Gasteiger charge is -2.21. The van der Waals surface area contributed by atoms with E-state index in [2.05, 4.69) is 26.0 Å². The Hall–Kier alpha value is -2.61. The van der Waals surface area contributed by atoms with Crippen molar-refractivity contribution in [1.29, 1.82) is 0 Å². The van der Waals surface area contributed by atoms with Crippen LogP contribution < -0.4 is 15.4 Å². The smallest absolute Gasteiger partial charge is 0.258 e. The third-order valence-electron chi connectivity index (χ3n) is 4.30. The fourth-order valence-electron chi connectivity index (χ4n) is 2.76. The Morgan fingerprint density at radius 2 is 2.25 bits per heavy atom. The first kappa shape index (κ1) is 20.1. The highest BCUT2D eigenvalue weighted by Crippen LogP contribution is 2.18. The van der Waals surface area contributed by atoms with E-state index < -0.39 is 0 Å². The van der Waals surface area contributed by atoms with Gasteiger partial charge in [-0.05, 0) is 37.5 Å². The average molecular weight is 402 g/mol. The number of benzene rings is 1. The minimum atomic E-state index is -0.0645. The van der Waals surface area contributed by atoms with Crippen molar-refractivity contribution in [3.63, 3.8) is 0 Å². The Morgan fingerprint density at radius 3 is 2.93 bits per heavy atom. The van der Waals surface area contributed by atoms with E-state index in [9.17, 15) is 4.79 Å². The number of hydrogen-bond donors (Lipinski definition) is 2. The molecule has 1 aromatic carbocycles. The van der Waals surface area contributed by atoms with E-state index in [0.29, 0.717) is 24.9 Å². The summed E-state index contributed by atoms with van der Waals surface area (Å²) in [5.74, 6) is 1.41. The molecule has 8 heteroatoms. The molecule has 0 radical (unpaired) electrons. The molecule has 0 unspecified atom stereocenters. The number of aliphatic imine (C=N–C) groups is 1. The molecule has 0 bridgehead atoms. The van der Waals surface area contributed by atoms with Crippen molar-refractivity contribution in [2.24, 2.45) is 4.99 Å². The summed E-state index contributed by atoms with van der Waals surface area (Å²) in [7, 11) is 3.76. The summed E-state index contributed by atoms with van der Waals surface area (Å²) >= 11 is 1.65. The number of thiazole rings is 1. The van der Waals surface area contributed by atoms with Crippen molar-refractivity contribution in [2.75, 3.05) is 20.7 Å². The average Bonchev–Trinajstić information content (AvgIpc) is 3.40. The molecule has 1 aromatic heterocycles. The van der Waals surface area contributed by atoms with Crippen LogP contribution in [0.25, 0.3) is 0 Å². The molecule has 2 aromatic rings. The predicted molar refractivity (Wildman–Crippen MR) is 112 cm³/mol. The quantitative estimate of drug-likeness (QED) is 0.524. The van der Waals surface area contributed by atoms with Gasteiger partial charge in [-0.15, -0.1) is 11.3 Å². The number of ether oxygens (including phenoxy) is 1. The van der Waals surface area contributed by atoms with Crippen LogP contribution in [0.4, 0.5) is 0 Å². The summed E-state index contributed by atoms with van der Waals surface area (Å²) in [5, 5.41) is 9.41. The number of carbonyl (C=O) groups excluding carboxylic acids is 1. The van der Waals surface area contributed by atoms with E-state index in [-0.39, 0.29) is 12.5 Å². The van der Waals surface area contributed by atoms with Gasteiger partial charge in [0.2, 0.25) is 0 Å². The SMILES string of the molecule is CN=C(NCc1cccc(OCC(=O)NC2CC2)c1)N(C)Cc1csc(C)n1. The van der Waals surface area contributed by atoms with E-state index in [1.54, 1.807) is 18.4 Å². The number of amides is 1. The molecule has 1 aliphatic carbocycles. The number of nitrogens with zero attached hydrogens (tertiary/aromatic N) is 3. The molecule has 0 saturated heterocycles. The van der Waals surface area contributed by atoms with Crippen molar-refractivity contribution in [1.82, 2.24) is 20.5 Å². The molecule has 7 nitrogen and oxygen atoms in total. The van der Waals surface area contributed by atoms with Gasteiger partial charge in [0, 0.05) is 32.1 Å². The Labute approximate surface area is 169 Å². The van der Waals surface area contributed by atoms with Gasteiger partial charge >= 0.3 is 0 Å². The normalized spacial score (nSPS) is 13.9. The van der Waals surface area contributed by atoms with Crippen molar-refractivity contribution >= 4 is 23.2 Å². The number of hydrogen-bond acceptors (Lipinski definition) is 5. The molecule has 2 N–H and O–H groups in total. The lowest BCUT2D eigenvalue weighted by Crippen LogP contribution is -2.38. The molecule has 0 aliphatic heterocycles. The van der Waals surface area contributed by atoms with Crippen molar-refractivity contribution in [3.8, 4) is 5.75 Å². The molecular weight excluding hydrogens is 374 g/mol. The van der Waals surface area contributed by atoms with Gasteiger partial charge in [0.25, 0.3) is 5.91 Å². The molecule has 1 saturated carbocycles. The number of carbonyl (C=O) groups is 1. The topological polar surface area (TPSA) is 78.9 Å². The summed E-state index contributed by atoms with van der Waals surface area (Å²) in [5.41, 5.74) is 2.09. The van der Waals surface area contributed by atoms with Crippen LogP contribution in [0.1, 0.15) is 29.1 Å². The van der Waals surface area contributed by atoms with Crippen LogP contribution in [0, 0.1) is 6.92 Å². The second kappa shape index (κ2) is 9.54. The minimum Gasteiger partial charge on any atom is -0.484 e. The van der Waals surface area contributed by atoms with Crippen LogP contribution in [-0.2, 0) is 17.9 Å². The molecule has 1 fully saturated rings. The van der Waals surface area contributed by atoms with Gasteiger partial charge in [-0.25, -0.2) is 4.98 Å². The second-order valence-corrected chi connectivity index (χ2v) is 7.95. The molecule has 28 heavy (non-hydrogen) atoms. The Kier molecular flexibility index (Phi) is 6.86. The Balaban J connectivity index is 1.48. The second-order valence-electron chi connectivity index (χ2n) is 6.89. The summed E-state index contributed by atoms with van der Waals surface area (Å²) in [6.45, 7) is 3.36. The zero-order valence-electron chi connectivity index (χ0n) is 16.6. The zero-order valence-corrected chi connectivity index (χ0v) is 17.4. The third kappa shape index (κ3) is 6.23. The lowest BCUT2D eigenvalue weighted by atomic mass is 10.2. The Morgan fingerprint density at radius 1 is 1.43 bits per heavy atom. The first-order valence-corrected chi connectivity index (χ1v) is 10.3. The predicted octanol–water partition coefficient (Wildman–Crippen LogP) is 2.32. The summed E-state index contributed by atoms with van der Waals surface area (Å²) in [4.78, 5) is 22.6. The van der Waals surface area contributed by atoms with E-state index in [4.69, 9.17) is 4.74 Å². The first-order chi connectivity index (χ1) is 13.5. The molecule has 3 rings (SSSR count). The number of aromatic nitrogens is 1. The standard InChI is InChI=1S/C20H27N5O2S/c1-14-23-17(13-28-14)11-25(3)20(21-2)22-10-15-5-4-6-18(9-15)27-12-19(26)24-16-7-8-16/h4-6,9,13,16H,7-8,10-12H2,1-3H3,(H,21,22)(H,24,26). The van der Waals surface area contributed by atoms with E-state index in [1.165, 1.54) is 0 Å². The zero-order chi connectivity index (χ0) is 19.9. The van der Waals surface area contributed by atoms with Crippen LogP contribution in [0.2, 0.25) is 0 Å². The largest absolute Gasteiger partial charge is 0.484 e. The van der Waals surface area contributed by atoms with E-state index in [0.717, 1.165) is 35.1 Å². The fourth-order valence-corrected chi connectivity index (χ4v) is 3.36. The maximum absolute atomic E-state index is 11.8. The number of aryl methyl sites for hydroxylation is 1.